The molecule has 1 heterocycles. The van der Waals surface area contributed by atoms with E-state index < -0.39 is 65.6 Å². The SMILES string of the molecule is CCOC(=O)/C=C\CC[C@H](NC(C)=O)C(=O)N[C@@H](CCC(N)=O)C(=O)N1CCC[C@H]1C(=O)N[C@@H](CC(C)C)C(=O)OC. The van der Waals surface area contributed by atoms with Gasteiger partial charge in [0.2, 0.25) is 29.5 Å². The molecule has 0 saturated carbocycles. The number of methoxy groups -OCH3 is 1. The molecule has 1 saturated heterocycles. The summed E-state index contributed by atoms with van der Waals surface area (Å²) < 4.78 is 9.62. The highest BCUT2D eigenvalue weighted by Crippen LogP contribution is 2.21. The maximum absolute atomic E-state index is 13.6. The predicted molar refractivity (Wildman–Crippen MR) is 151 cm³/mol. The number of carbonyl (C=O) groups excluding carboxylic acids is 7. The molecule has 0 aromatic heterocycles. The molecule has 14 nitrogen and oxygen atoms in total. The van der Waals surface area contributed by atoms with Gasteiger partial charge in [-0.3, -0.25) is 24.0 Å². The van der Waals surface area contributed by atoms with E-state index in [1.54, 1.807) is 6.92 Å². The van der Waals surface area contributed by atoms with Crippen LogP contribution in [0.5, 0.6) is 0 Å². The summed E-state index contributed by atoms with van der Waals surface area (Å²) in [6.45, 7) is 7.13. The molecule has 1 rings (SSSR count). The first kappa shape index (κ1) is 36.1. The number of nitrogens with two attached hydrogens (primary N) is 1. The van der Waals surface area contributed by atoms with Crippen molar-refractivity contribution in [1.82, 2.24) is 20.9 Å². The fourth-order valence-electron chi connectivity index (χ4n) is 4.56. The van der Waals surface area contributed by atoms with Crippen molar-refractivity contribution >= 4 is 41.5 Å². The van der Waals surface area contributed by atoms with Gasteiger partial charge < -0.3 is 36.1 Å². The number of hydrogen-bond donors (Lipinski definition) is 4. The van der Waals surface area contributed by atoms with Crippen molar-refractivity contribution in [2.24, 2.45) is 11.7 Å². The zero-order valence-electron chi connectivity index (χ0n) is 25.1. The molecule has 236 valence electrons. The number of carbonyl (C=O) groups is 7. The summed E-state index contributed by atoms with van der Waals surface area (Å²) in [4.78, 5) is 88.4. The van der Waals surface area contributed by atoms with E-state index in [0.717, 1.165) is 0 Å². The molecule has 14 heteroatoms. The number of primary amides is 1. The minimum Gasteiger partial charge on any atom is -0.467 e. The molecule has 0 radical (unpaired) electrons. The first-order valence-corrected chi connectivity index (χ1v) is 14.2. The van der Waals surface area contributed by atoms with Gasteiger partial charge in [-0.25, -0.2) is 9.59 Å². The largest absolute Gasteiger partial charge is 0.467 e. The van der Waals surface area contributed by atoms with Crippen molar-refractivity contribution in [1.29, 1.82) is 0 Å². The molecule has 5 amide bonds. The third-order valence-corrected chi connectivity index (χ3v) is 6.50. The molecule has 0 bridgehead atoms. The van der Waals surface area contributed by atoms with Gasteiger partial charge in [-0.2, -0.15) is 0 Å². The lowest BCUT2D eigenvalue weighted by molar-refractivity contribution is -0.147. The maximum Gasteiger partial charge on any atom is 0.330 e. The number of allylic oxidation sites excluding steroid dienone is 1. The summed E-state index contributed by atoms with van der Waals surface area (Å²) >= 11 is 0. The van der Waals surface area contributed by atoms with Crippen LogP contribution in [0.25, 0.3) is 0 Å². The van der Waals surface area contributed by atoms with Crippen LogP contribution in [0.15, 0.2) is 12.2 Å². The van der Waals surface area contributed by atoms with Crippen molar-refractivity contribution in [2.45, 2.75) is 96.8 Å². The average Bonchev–Trinajstić information content (AvgIpc) is 3.41. The zero-order chi connectivity index (χ0) is 31.8. The highest BCUT2D eigenvalue weighted by Gasteiger charge is 2.39. The van der Waals surface area contributed by atoms with Crippen LogP contribution in [0, 0.1) is 5.92 Å². The highest BCUT2D eigenvalue weighted by molar-refractivity contribution is 5.95. The summed E-state index contributed by atoms with van der Waals surface area (Å²) in [5.41, 5.74) is 5.30. The number of nitrogens with one attached hydrogen (secondary N) is 3. The second-order valence-electron chi connectivity index (χ2n) is 10.5. The zero-order valence-corrected chi connectivity index (χ0v) is 25.1. The molecule has 42 heavy (non-hydrogen) atoms. The van der Waals surface area contributed by atoms with E-state index in [1.165, 1.54) is 31.1 Å². The average molecular weight is 596 g/mol. The quantitative estimate of drug-likeness (QED) is 0.130. The Morgan fingerprint density at radius 3 is 2.26 bits per heavy atom. The Morgan fingerprint density at radius 2 is 1.69 bits per heavy atom. The maximum atomic E-state index is 13.6. The van der Waals surface area contributed by atoms with Crippen LogP contribution in [-0.2, 0) is 43.0 Å². The summed E-state index contributed by atoms with van der Waals surface area (Å²) in [6, 6.07) is -4.05. The van der Waals surface area contributed by atoms with Crippen LogP contribution >= 0.6 is 0 Å². The monoisotopic (exact) mass is 595 g/mol. The molecule has 1 aliphatic heterocycles. The molecule has 1 aliphatic rings. The van der Waals surface area contributed by atoms with E-state index in [2.05, 4.69) is 16.0 Å². The second kappa shape index (κ2) is 18.5. The molecule has 0 aromatic carbocycles. The van der Waals surface area contributed by atoms with Crippen LogP contribution < -0.4 is 21.7 Å². The summed E-state index contributed by atoms with van der Waals surface area (Å²) in [6.07, 6.45) is 3.92. The van der Waals surface area contributed by atoms with Crippen molar-refractivity contribution in [3.63, 3.8) is 0 Å². The van der Waals surface area contributed by atoms with Crippen LogP contribution in [0.2, 0.25) is 0 Å². The van der Waals surface area contributed by atoms with Crippen LogP contribution in [0.3, 0.4) is 0 Å². The molecule has 5 N–H and O–H groups in total. The van der Waals surface area contributed by atoms with Gasteiger partial charge in [0.1, 0.15) is 24.2 Å². The Labute approximate surface area is 246 Å². The number of nitrogens with zero attached hydrogens (tertiary/aromatic N) is 1. The van der Waals surface area contributed by atoms with Gasteiger partial charge in [-0.05, 0) is 51.4 Å². The number of esters is 2. The number of amides is 5. The number of rotatable bonds is 17. The van der Waals surface area contributed by atoms with Crippen molar-refractivity contribution < 1.29 is 43.0 Å². The van der Waals surface area contributed by atoms with E-state index in [4.69, 9.17) is 15.2 Å². The van der Waals surface area contributed by atoms with Crippen molar-refractivity contribution in [3.8, 4) is 0 Å². The Kier molecular flexibility index (Phi) is 15.8. The molecule has 0 unspecified atom stereocenters. The molecular formula is C28H45N5O9. The minimum absolute atomic E-state index is 0.0846. The number of hydrogen-bond acceptors (Lipinski definition) is 9. The van der Waals surface area contributed by atoms with Gasteiger partial charge in [0.25, 0.3) is 0 Å². The molecule has 4 atom stereocenters. The predicted octanol–water partition coefficient (Wildman–Crippen LogP) is -0.164. The topological polar surface area (TPSA) is 203 Å². The minimum atomic E-state index is -1.21. The van der Waals surface area contributed by atoms with Gasteiger partial charge in [0.05, 0.1) is 13.7 Å². The van der Waals surface area contributed by atoms with E-state index in [9.17, 15) is 33.6 Å². The normalized spacial score (nSPS) is 16.8. The van der Waals surface area contributed by atoms with Gasteiger partial charge in [-0.15, -0.1) is 0 Å². The Hall–Kier alpha value is -3.97. The second-order valence-corrected chi connectivity index (χ2v) is 10.5. The smallest absolute Gasteiger partial charge is 0.330 e. The number of ether oxygens (including phenoxy) is 2. The first-order valence-electron chi connectivity index (χ1n) is 14.2. The summed E-state index contributed by atoms with van der Waals surface area (Å²) in [5.74, 6) is -4.02. The first-order chi connectivity index (χ1) is 19.8. The van der Waals surface area contributed by atoms with Gasteiger partial charge in [-0.1, -0.05) is 19.9 Å². The standard InChI is InChI=1S/C28H45N5O9/c1-6-42-24(36)12-8-7-10-19(30-18(4)34)25(37)31-20(13-14-23(29)35)27(39)33-15-9-11-22(33)26(38)32-21(16-17(2)3)28(40)41-5/h8,12,17,19-22H,6-7,9-11,13-16H2,1-5H3,(H2,29,35)(H,30,34)(H,31,37)(H,32,38)/b12-8-/t19-,20-,21-,22-/m0/s1. The summed E-state index contributed by atoms with van der Waals surface area (Å²) in [7, 11) is 1.23. The summed E-state index contributed by atoms with van der Waals surface area (Å²) in [5, 5.41) is 7.81. The van der Waals surface area contributed by atoms with E-state index in [-0.39, 0.29) is 44.8 Å². The lowest BCUT2D eigenvalue weighted by Gasteiger charge is -2.30. The van der Waals surface area contributed by atoms with E-state index in [1.807, 2.05) is 13.8 Å². The van der Waals surface area contributed by atoms with Crippen molar-refractivity contribution in [2.75, 3.05) is 20.3 Å². The van der Waals surface area contributed by atoms with Gasteiger partial charge in [0, 0.05) is 26.0 Å². The Bertz CT molecular complexity index is 1010. The fraction of sp³-hybridized carbons (Fsp3) is 0.679. The van der Waals surface area contributed by atoms with Crippen molar-refractivity contribution in [3.05, 3.63) is 12.2 Å². The lowest BCUT2D eigenvalue weighted by Crippen LogP contribution is -2.57. The number of likely N-dealkylation sites (tertiary alicyclic amines) is 1. The van der Waals surface area contributed by atoms with Crippen LogP contribution in [0.1, 0.15) is 72.6 Å². The molecule has 0 aliphatic carbocycles. The lowest BCUT2D eigenvalue weighted by atomic mass is 10.0. The van der Waals surface area contributed by atoms with Gasteiger partial charge in [0.15, 0.2) is 0 Å². The van der Waals surface area contributed by atoms with E-state index in [0.29, 0.717) is 19.3 Å². The van der Waals surface area contributed by atoms with Gasteiger partial charge >= 0.3 is 11.9 Å². The Balaban J connectivity index is 3.08. The third kappa shape index (κ3) is 12.7. The van der Waals surface area contributed by atoms with Crippen LogP contribution in [-0.4, -0.2) is 90.8 Å². The molecular weight excluding hydrogens is 550 g/mol. The highest BCUT2D eigenvalue weighted by atomic mass is 16.5. The Morgan fingerprint density at radius 1 is 1.00 bits per heavy atom. The van der Waals surface area contributed by atoms with E-state index >= 15 is 0 Å². The van der Waals surface area contributed by atoms with Crippen LogP contribution in [0.4, 0.5) is 0 Å². The molecule has 0 aromatic rings. The fourth-order valence-corrected chi connectivity index (χ4v) is 4.56. The third-order valence-electron chi connectivity index (χ3n) is 6.50. The molecule has 1 fully saturated rings. The molecule has 0 spiro atoms.